The van der Waals surface area contributed by atoms with Crippen LogP contribution in [0.1, 0.15) is 27.7 Å². The van der Waals surface area contributed by atoms with E-state index in [-0.39, 0.29) is 5.54 Å². The normalized spacial score (nSPS) is 15.2. The van der Waals surface area contributed by atoms with E-state index in [0.29, 0.717) is 0 Å². The summed E-state index contributed by atoms with van der Waals surface area (Å²) in [7, 11) is 0. The number of allylic oxidation sites excluding steroid dienone is 2. The fourth-order valence-corrected chi connectivity index (χ4v) is 3.50. The van der Waals surface area contributed by atoms with Crippen molar-refractivity contribution in [3.63, 3.8) is 0 Å². The molecule has 0 atom stereocenters. The summed E-state index contributed by atoms with van der Waals surface area (Å²) in [6, 6.07) is 0. The van der Waals surface area contributed by atoms with Crippen molar-refractivity contribution in [1.29, 1.82) is 0 Å². The molecule has 1 nitrogen and oxygen atoms in total. The van der Waals surface area contributed by atoms with Crippen molar-refractivity contribution in [1.82, 2.24) is 0 Å². The molecule has 0 saturated heterocycles. The van der Waals surface area contributed by atoms with Crippen molar-refractivity contribution in [3.05, 3.63) is 12.2 Å². The topological polar surface area (TPSA) is 12.4 Å². The molecule has 0 amide bonds. The monoisotopic (exact) mass is 303 g/mol. The molecule has 0 radical (unpaired) electrons. The minimum absolute atomic E-state index is 0.0550. The SMILES string of the molecule is CC(/C=C/[CH2][Sn]([CH3])([CH3])[CH3])=NC(C)(C)C. The second kappa shape index (κ2) is 5.34. The zero-order valence-corrected chi connectivity index (χ0v) is 13.7. The van der Waals surface area contributed by atoms with Crippen LogP contribution in [0.3, 0.4) is 0 Å². The van der Waals surface area contributed by atoms with E-state index in [2.05, 4.69) is 59.7 Å². The number of rotatable bonds is 3. The van der Waals surface area contributed by atoms with E-state index < -0.39 is 18.4 Å². The van der Waals surface area contributed by atoms with E-state index in [9.17, 15) is 0 Å². The Balaban J connectivity index is 4.20. The van der Waals surface area contributed by atoms with Gasteiger partial charge >= 0.3 is 93.7 Å². The molecule has 0 fully saturated rings. The van der Waals surface area contributed by atoms with Crippen LogP contribution in [0.4, 0.5) is 0 Å². The van der Waals surface area contributed by atoms with Gasteiger partial charge in [0.05, 0.1) is 0 Å². The van der Waals surface area contributed by atoms with Crippen LogP contribution >= 0.6 is 0 Å². The first-order valence-electron chi connectivity index (χ1n) is 5.33. The molecule has 0 unspecified atom stereocenters. The second-order valence-corrected chi connectivity index (χ2v) is 21.9. The van der Waals surface area contributed by atoms with Gasteiger partial charge in [-0.1, -0.05) is 0 Å². The van der Waals surface area contributed by atoms with E-state index in [4.69, 9.17) is 0 Å². The summed E-state index contributed by atoms with van der Waals surface area (Å²) in [6.45, 7) is 8.48. The number of hydrogen-bond acceptors (Lipinski definition) is 1. The van der Waals surface area contributed by atoms with Gasteiger partial charge in [-0.05, 0) is 0 Å². The Morgan fingerprint density at radius 2 is 1.71 bits per heavy atom. The van der Waals surface area contributed by atoms with Crippen LogP contribution in [0, 0.1) is 0 Å². The van der Waals surface area contributed by atoms with Gasteiger partial charge in [0.15, 0.2) is 0 Å². The molecule has 0 bridgehead atoms. The average molecular weight is 302 g/mol. The van der Waals surface area contributed by atoms with Crippen LogP contribution in [-0.2, 0) is 0 Å². The number of hydrogen-bond donors (Lipinski definition) is 0. The molecule has 0 spiro atoms. The molecule has 0 heterocycles. The van der Waals surface area contributed by atoms with Gasteiger partial charge in [0.25, 0.3) is 0 Å². The second-order valence-electron chi connectivity index (χ2n) is 6.09. The maximum atomic E-state index is 4.58. The third-order valence-electron chi connectivity index (χ3n) is 1.60. The molecule has 2 heteroatoms. The molecular formula is C12H25NSn. The molecule has 0 rings (SSSR count). The van der Waals surface area contributed by atoms with Gasteiger partial charge in [0.2, 0.25) is 0 Å². The van der Waals surface area contributed by atoms with E-state index in [0.717, 1.165) is 5.71 Å². The summed E-state index contributed by atoms with van der Waals surface area (Å²) in [4.78, 5) is 11.9. The summed E-state index contributed by atoms with van der Waals surface area (Å²) in [5.74, 6) is 0. The maximum absolute atomic E-state index is 4.58. The third kappa shape index (κ3) is 10.3. The van der Waals surface area contributed by atoms with Crippen molar-refractivity contribution < 1.29 is 0 Å². The summed E-state index contributed by atoms with van der Waals surface area (Å²) in [5.41, 5.74) is 1.20. The van der Waals surface area contributed by atoms with Gasteiger partial charge in [-0.2, -0.15) is 0 Å². The van der Waals surface area contributed by atoms with Crippen LogP contribution in [-0.4, -0.2) is 29.6 Å². The predicted octanol–water partition coefficient (Wildman–Crippen LogP) is 4.14. The van der Waals surface area contributed by atoms with Crippen molar-refractivity contribution >= 4 is 24.1 Å². The summed E-state index contributed by atoms with van der Waals surface area (Å²) in [5, 5.41) is 0. The third-order valence-corrected chi connectivity index (χ3v) is 5.77. The van der Waals surface area contributed by atoms with E-state index in [1.807, 2.05) is 0 Å². The molecule has 0 aliphatic heterocycles. The van der Waals surface area contributed by atoms with E-state index in [1.54, 1.807) is 0 Å². The first-order chi connectivity index (χ1) is 6.10. The first kappa shape index (κ1) is 14.2. The van der Waals surface area contributed by atoms with Crippen molar-refractivity contribution in [3.8, 4) is 0 Å². The molecule has 14 heavy (non-hydrogen) atoms. The molecular weight excluding hydrogens is 277 g/mol. The Hall–Kier alpha value is 0.209. The van der Waals surface area contributed by atoms with Gasteiger partial charge in [-0.15, -0.1) is 0 Å². The molecule has 0 aliphatic carbocycles. The van der Waals surface area contributed by atoms with Crippen LogP contribution < -0.4 is 0 Å². The van der Waals surface area contributed by atoms with Crippen LogP contribution in [0.2, 0.25) is 19.3 Å². The van der Waals surface area contributed by atoms with Gasteiger partial charge in [0, 0.05) is 0 Å². The standard InChI is InChI=1S/C9H16N.3CH3.Sn/c1-6-7-8(2)10-9(3,4)5;;;;/h6-7H,1H2,2-5H3;3*1H3;/b7-6+,10-8?;;;;. The number of nitrogens with zero attached hydrogens (tertiary/aromatic N) is 1. The predicted molar refractivity (Wildman–Crippen MR) is 70.2 cm³/mol. The van der Waals surface area contributed by atoms with Crippen LogP contribution in [0.25, 0.3) is 0 Å². The number of aliphatic imine (C=N–C) groups is 1. The Bertz CT molecular complexity index is 226. The molecule has 0 aromatic rings. The average Bonchev–Trinajstić information content (AvgIpc) is 1.78. The fraction of sp³-hybridized carbons (Fsp3) is 0.750. The van der Waals surface area contributed by atoms with E-state index >= 15 is 0 Å². The van der Waals surface area contributed by atoms with Gasteiger partial charge in [-0.3, -0.25) is 0 Å². The van der Waals surface area contributed by atoms with Crippen LogP contribution in [0.5, 0.6) is 0 Å². The minimum atomic E-state index is -1.59. The fourth-order valence-electron chi connectivity index (χ4n) is 1.15. The molecule has 0 aliphatic rings. The van der Waals surface area contributed by atoms with Crippen molar-refractivity contribution in [2.24, 2.45) is 4.99 Å². The summed E-state index contributed by atoms with van der Waals surface area (Å²) >= 11 is -1.59. The van der Waals surface area contributed by atoms with Crippen LogP contribution in [0.15, 0.2) is 17.1 Å². The molecule has 0 saturated carbocycles. The summed E-state index contributed by atoms with van der Waals surface area (Å²) < 4.78 is 1.31. The van der Waals surface area contributed by atoms with Gasteiger partial charge < -0.3 is 0 Å². The Kier molecular flexibility index (Phi) is 5.42. The zero-order chi connectivity index (χ0) is 11.4. The quantitative estimate of drug-likeness (QED) is 0.549. The Morgan fingerprint density at radius 1 is 1.21 bits per heavy atom. The van der Waals surface area contributed by atoms with E-state index in [1.165, 1.54) is 4.44 Å². The zero-order valence-electron chi connectivity index (χ0n) is 10.8. The van der Waals surface area contributed by atoms with Gasteiger partial charge in [0.1, 0.15) is 0 Å². The van der Waals surface area contributed by atoms with Crippen molar-refractivity contribution in [2.75, 3.05) is 0 Å². The molecule has 0 aromatic carbocycles. The summed E-state index contributed by atoms with van der Waals surface area (Å²) in [6.07, 6.45) is 4.48. The molecule has 82 valence electrons. The Labute approximate surface area is 93.6 Å². The van der Waals surface area contributed by atoms with Crippen molar-refractivity contribution in [2.45, 2.75) is 52.5 Å². The van der Waals surface area contributed by atoms with Gasteiger partial charge in [-0.25, -0.2) is 0 Å². The Morgan fingerprint density at radius 3 is 2.07 bits per heavy atom. The molecule has 0 aromatic heterocycles. The first-order valence-corrected chi connectivity index (χ1v) is 15.9. The molecule has 0 N–H and O–H groups in total.